The molecule has 0 spiro atoms. The number of hydrogen-bond donors (Lipinski definition) is 0. The van der Waals surface area contributed by atoms with Crippen molar-refractivity contribution >= 4 is 17.1 Å². The topological polar surface area (TPSA) is 20.3 Å². The number of Topliss-reactive ketones (excluding diaryl/α,β-unsaturated/α-hetero) is 1. The Morgan fingerprint density at radius 2 is 2.11 bits per heavy atom. The number of aryl methyl sites for hydroxylation is 1. The summed E-state index contributed by atoms with van der Waals surface area (Å²) >= 11 is 1.71. The van der Waals surface area contributed by atoms with Gasteiger partial charge < -0.3 is 0 Å². The third kappa shape index (κ3) is 3.46. The van der Waals surface area contributed by atoms with Crippen molar-refractivity contribution in [3.05, 3.63) is 22.4 Å². The molecular formula is C16H25NOS. The standard InChI is InChI=1S/C16H25NOS/c1-3-16(2,17-10-5-4-6-11-17)15(18)8-7-14-9-12-19-13-14/h9,12-13H,3-8,10-11H2,1-2H3. The van der Waals surface area contributed by atoms with Crippen LogP contribution in [0.5, 0.6) is 0 Å². The minimum absolute atomic E-state index is 0.240. The molecule has 1 aromatic heterocycles. The Kier molecular flexibility index (Phi) is 5.17. The SMILES string of the molecule is CCC(C)(C(=O)CCc1ccsc1)N1CCCCC1. The van der Waals surface area contributed by atoms with E-state index in [0.717, 1.165) is 25.9 Å². The van der Waals surface area contributed by atoms with Gasteiger partial charge in [-0.15, -0.1) is 0 Å². The van der Waals surface area contributed by atoms with Crippen LogP contribution in [-0.2, 0) is 11.2 Å². The number of likely N-dealkylation sites (tertiary alicyclic amines) is 1. The van der Waals surface area contributed by atoms with Crippen LogP contribution in [0.3, 0.4) is 0 Å². The summed E-state index contributed by atoms with van der Waals surface area (Å²) in [5.74, 6) is 0.420. The number of hydrogen-bond acceptors (Lipinski definition) is 3. The molecule has 19 heavy (non-hydrogen) atoms. The van der Waals surface area contributed by atoms with E-state index in [-0.39, 0.29) is 5.54 Å². The van der Waals surface area contributed by atoms with Gasteiger partial charge in [-0.3, -0.25) is 9.69 Å². The molecule has 0 bridgehead atoms. The smallest absolute Gasteiger partial charge is 0.153 e. The second-order valence-corrected chi connectivity index (χ2v) is 6.51. The van der Waals surface area contributed by atoms with E-state index in [0.29, 0.717) is 12.2 Å². The Labute approximate surface area is 120 Å². The maximum Gasteiger partial charge on any atom is 0.153 e. The van der Waals surface area contributed by atoms with Gasteiger partial charge >= 0.3 is 0 Å². The summed E-state index contributed by atoms with van der Waals surface area (Å²) < 4.78 is 0. The van der Waals surface area contributed by atoms with Crippen LogP contribution in [-0.4, -0.2) is 29.3 Å². The van der Waals surface area contributed by atoms with Crippen LogP contribution in [0.1, 0.15) is 51.5 Å². The van der Waals surface area contributed by atoms with Gasteiger partial charge in [0.2, 0.25) is 0 Å². The highest BCUT2D eigenvalue weighted by Crippen LogP contribution is 2.26. The van der Waals surface area contributed by atoms with Crippen LogP contribution in [0.2, 0.25) is 0 Å². The number of ketones is 1. The normalized spacial score (nSPS) is 20.1. The first-order chi connectivity index (χ1) is 9.16. The molecule has 0 amide bonds. The quantitative estimate of drug-likeness (QED) is 0.787. The van der Waals surface area contributed by atoms with Crippen LogP contribution < -0.4 is 0 Å². The highest BCUT2D eigenvalue weighted by molar-refractivity contribution is 7.07. The second-order valence-electron chi connectivity index (χ2n) is 5.73. The summed E-state index contributed by atoms with van der Waals surface area (Å²) in [6, 6.07) is 2.13. The van der Waals surface area contributed by atoms with Crippen LogP contribution in [0, 0.1) is 0 Å². The zero-order valence-corrected chi connectivity index (χ0v) is 13.0. The maximum atomic E-state index is 12.7. The van der Waals surface area contributed by atoms with Crippen molar-refractivity contribution in [2.45, 2.75) is 57.9 Å². The Balaban J connectivity index is 1.96. The maximum absolute atomic E-state index is 12.7. The molecule has 2 heterocycles. The van der Waals surface area contributed by atoms with Gasteiger partial charge in [-0.25, -0.2) is 0 Å². The molecule has 1 aromatic rings. The molecule has 1 atom stereocenters. The first kappa shape index (κ1) is 14.7. The van der Waals surface area contributed by atoms with Crippen molar-refractivity contribution in [3.8, 4) is 0 Å². The number of carbonyl (C=O) groups is 1. The number of rotatable bonds is 6. The molecular weight excluding hydrogens is 254 g/mol. The van der Waals surface area contributed by atoms with Gasteiger partial charge in [0.15, 0.2) is 5.78 Å². The van der Waals surface area contributed by atoms with E-state index in [4.69, 9.17) is 0 Å². The molecule has 1 saturated heterocycles. The van der Waals surface area contributed by atoms with Crippen molar-refractivity contribution in [3.63, 3.8) is 0 Å². The van der Waals surface area contributed by atoms with Gasteiger partial charge in [0, 0.05) is 6.42 Å². The van der Waals surface area contributed by atoms with Gasteiger partial charge in [0.05, 0.1) is 5.54 Å². The third-order valence-corrected chi connectivity index (χ3v) is 5.30. The van der Waals surface area contributed by atoms with Crippen molar-refractivity contribution in [2.24, 2.45) is 0 Å². The van der Waals surface area contributed by atoms with E-state index in [9.17, 15) is 4.79 Å². The van der Waals surface area contributed by atoms with E-state index in [2.05, 4.69) is 35.6 Å². The van der Waals surface area contributed by atoms with Crippen molar-refractivity contribution in [1.29, 1.82) is 0 Å². The zero-order chi connectivity index (χ0) is 13.7. The molecule has 106 valence electrons. The molecule has 1 aliphatic heterocycles. The lowest BCUT2D eigenvalue weighted by molar-refractivity contribution is -0.131. The fraction of sp³-hybridized carbons (Fsp3) is 0.688. The fourth-order valence-corrected chi connectivity index (χ4v) is 3.65. The highest BCUT2D eigenvalue weighted by Gasteiger charge is 2.37. The predicted octanol–water partition coefficient (Wildman–Crippen LogP) is 3.90. The van der Waals surface area contributed by atoms with Crippen LogP contribution >= 0.6 is 11.3 Å². The van der Waals surface area contributed by atoms with Gasteiger partial charge in [-0.1, -0.05) is 13.3 Å². The molecule has 1 unspecified atom stereocenters. The summed E-state index contributed by atoms with van der Waals surface area (Å²) in [7, 11) is 0. The van der Waals surface area contributed by atoms with Gasteiger partial charge in [0.25, 0.3) is 0 Å². The molecule has 3 heteroatoms. The Morgan fingerprint density at radius 3 is 2.68 bits per heavy atom. The molecule has 2 rings (SSSR count). The predicted molar refractivity (Wildman–Crippen MR) is 81.8 cm³/mol. The van der Waals surface area contributed by atoms with Crippen molar-refractivity contribution in [2.75, 3.05) is 13.1 Å². The van der Waals surface area contributed by atoms with E-state index >= 15 is 0 Å². The van der Waals surface area contributed by atoms with Gasteiger partial charge in [-0.05, 0) is 68.1 Å². The molecule has 1 fully saturated rings. The number of nitrogens with zero attached hydrogens (tertiary/aromatic N) is 1. The molecule has 0 radical (unpaired) electrons. The fourth-order valence-electron chi connectivity index (χ4n) is 2.95. The molecule has 0 aromatic carbocycles. The van der Waals surface area contributed by atoms with E-state index in [1.807, 2.05) is 0 Å². The van der Waals surface area contributed by atoms with E-state index in [1.165, 1.54) is 24.8 Å². The molecule has 1 aliphatic rings. The van der Waals surface area contributed by atoms with Gasteiger partial charge in [-0.2, -0.15) is 11.3 Å². The van der Waals surface area contributed by atoms with Crippen LogP contribution in [0.15, 0.2) is 16.8 Å². The Hall–Kier alpha value is -0.670. The van der Waals surface area contributed by atoms with E-state index in [1.54, 1.807) is 11.3 Å². The number of piperidine rings is 1. The Bertz CT molecular complexity index is 395. The molecule has 2 nitrogen and oxygen atoms in total. The minimum Gasteiger partial charge on any atom is -0.298 e. The molecule has 0 saturated carbocycles. The van der Waals surface area contributed by atoms with Crippen LogP contribution in [0.25, 0.3) is 0 Å². The summed E-state index contributed by atoms with van der Waals surface area (Å²) in [4.78, 5) is 15.1. The summed E-state index contributed by atoms with van der Waals surface area (Å²) in [6.07, 6.45) is 6.30. The first-order valence-electron chi connectivity index (χ1n) is 7.46. The van der Waals surface area contributed by atoms with Gasteiger partial charge in [0.1, 0.15) is 0 Å². The Morgan fingerprint density at radius 1 is 1.37 bits per heavy atom. The highest BCUT2D eigenvalue weighted by atomic mass is 32.1. The summed E-state index contributed by atoms with van der Waals surface area (Å²) in [6.45, 7) is 6.48. The lowest BCUT2D eigenvalue weighted by atomic mass is 9.86. The first-order valence-corrected chi connectivity index (χ1v) is 8.40. The van der Waals surface area contributed by atoms with Crippen molar-refractivity contribution < 1.29 is 4.79 Å². The minimum atomic E-state index is -0.240. The second kappa shape index (κ2) is 6.67. The average Bonchev–Trinajstić information content (AvgIpc) is 2.98. The lowest BCUT2D eigenvalue weighted by Gasteiger charge is -2.42. The lowest BCUT2D eigenvalue weighted by Crippen LogP contribution is -2.53. The molecule has 0 N–H and O–H groups in total. The number of carbonyl (C=O) groups excluding carboxylic acids is 1. The largest absolute Gasteiger partial charge is 0.298 e. The molecule has 0 aliphatic carbocycles. The average molecular weight is 279 g/mol. The van der Waals surface area contributed by atoms with E-state index < -0.39 is 0 Å². The summed E-state index contributed by atoms with van der Waals surface area (Å²) in [5.41, 5.74) is 1.06. The zero-order valence-electron chi connectivity index (χ0n) is 12.2. The summed E-state index contributed by atoms with van der Waals surface area (Å²) in [5, 5.41) is 4.24. The monoisotopic (exact) mass is 279 g/mol. The van der Waals surface area contributed by atoms with Crippen molar-refractivity contribution in [1.82, 2.24) is 4.90 Å². The number of thiophene rings is 1. The van der Waals surface area contributed by atoms with Crippen LogP contribution in [0.4, 0.5) is 0 Å². The third-order valence-electron chi connectivity index (χ3n) is 4.56.